The Morgan fingerprint density at radius 3 is 2.56 bits per heavy atom. The number of hydrogen-bond acceptors (Lipinski definition) is 2. The fourth-order valence-corrected chi connectivity index (χ4v) is 2.17. The van der Waals surface area contributed by atoms with Gasteiger partial charge in [0, 0.05) is 20.2 Å². The summed E-state index contributed by atoms with van der Waals surface area (Å²) in [5, 5.41) is 3.49. The van der Waals surface area contributed by atoms with E-state index in [1.54, 1.807) is 7.11 Å². The standard InChI is InChI=1S/C16H27NO/c1-4-14(2)12-16(13-17-10-11-18-3)15-8-6-5-7-9-15/h5-9,14,16-17H,4,10-13H2,1-3H3. The van der Waals surface area contributed by atoms with Gasteiger partial charge in [0.2, 0.25) is 0 Å². The van der Waals surface area contributed by atoms with Crippen LogP contribution >= 0.6 is 0 Å². The maximum Gasteiger partial charge on any atom is 0.0587 e. The first-order valence-corrected chi connectivity index (χ1v) is 7.02. The van der Waals surface area contributed by atoms with Crippen molar-refractivity contribution in [1.29, 1.82) is 0 Å². The lowest BCUT2D eigenvalue weighted by molar-refractivity contribution is 0.198. The number of nitrogens with one attached hydrogen (secondary N) is 1. The molecule has 1 rings (SSSR count). The third kappa shape index (κ3) is 5.65. The minimum atomic E-state index is 0.609. The van der Waals surface area contributed by atoms with Crippen LogP contribution < -0.4 is 5.32 Å². The highest BCUT2D eigenvalue weighted by Gasteiger charge is 2.13. The summed E-state index contributed by atoms with van der Waals surface area (Å²) in [6, 6.07) is 10.8. The summed E-state index contributed by atoms with van der Waals surface area (Å²) in [6.45, 7) is 7.36. The Bertz CT molecular complexity index is 299. The highest BCUT2D eigenvalue weighted by molar-refractivity contribution is 5.19. The zero-order valence-electron chi connectivity index (χ0n) is 12.0. The van der Waals surface area contributed by atoms with Gasteiger partial charge in [-0.05, 0) is 23.8 Å². The maximum atomic E-state index is 5.07. The Balaban J connectivity index is 2.52. The molecule has 0 heterocycles. The van der Waals surface area contributed by atoms with E-state index in [-0.39, 0.29) is 0 Å². The fraction of sp³-hybridized carbons (Fsp3) is 0.625. The van der Waals surface area contributed by atoms with E-state index >= 15 is 0 Å². The van der Waals surface area contributed by atoms with Crippen LogP contribution in [-0.4, -0.2) is 26.8 Å². The van der Waals surface area contributed by atoms with E-state index in [9.17, 15) is 0 Å². The molecule has 2 unspecified atom stereocenters. The smallest absolute Gasteiger partial charge is 0.0587 e. The summed E-state index contributed by atoms with van der Waals surface area (Å²) in [5.41, 5.74) is 1.45. The van der Waals surface area contributed by atoms with E-state index in [1.807, 2.05) is 0 Å². The SMILES string of the molecule is CCC(C)CC(CNCCOC)c1ccccc1. The van der Waals surface area contributed by atoms with Crippen LogP contribution in [0.25, 0.3) is 0 Å². The highest BCUT2D eigenvalue weighted by atomic mass is 16.5. The minimum absolute atomic E-state index is 0.609. The van der Waals surface area contributed by atoms with Crippen molar-refractivity contribution in [2.75, 3.05) is 26.8 Å². The van der Waals surface area contributed by atoms with Crippen LogP contribution in [-0.2, 0) is 4.74 Å². The second-order valence-corrected chi connectivity index (χ2v) is 5.05. The maximum absolute atomic E-state index is 5.07. The second-order valence-electron chi connectivity index (χ2n) is 5.05. The van der Waals surface area contributed by atoms with Crippen LogP contribution in [0.4, 0.5) is 0 Å². The molecule has 0 aliphatic heterocycles. The predicted octanol–water partition coefficient (Wildman–Crippen LogP) is 3.44. The van der Waals surface area contributed by atoms with Crippen molar-refractivity contribution in [3.63, 3.8) is 0 Å². The lowest BCUT2D eigenvalue weighted by Gasteiger charge is -2.21. The molecule has 18 heavy (non-hydrogen) atoms. The van der Waals surface area contributed by atoms with Crippen molar-refractivity contribution in [2.24, 2.45) is 5.92 Å². The third-order valence-electron chi connectivity index (χ3n) is 3.53. The summed E-state index contributed by atoms with van der Waals surface area (Å²) in [7, 11) is 1.75. The molecule has 0 aromatic heterocycles. The molecule has 0 fully saturated rings. The molecule has 1 N–H and O–H groups in total. The molecular weight excluding hydrogens is 222 g/mol. The number of hydrogen-bond donors (Lipinski definition) is 1. The van der Waals surface area contributed by atoms with E-state index in [2.05, 4.69) is 49.5 Å². The van der Waals surface area contributed by atoms with Crippen LogP contribution in [0.3, 0.4) is 0 Å². The van der Waals surface area contributed by atoms with Gasteiger partial charge in [0.15, 0.2) is 0 Å². The minimum Gasteiger partial charge on any atom is -0.383 e. The Hall–Kier alpha value is -0.860. The topological polar surface area (TPSA) is 21.3 Å². The van der Waals surface area contributed by atoms with Crippen molar-refractivity contribution >= 4 is 0 Å². The summed E-state index contributed by atoms with van der Waals surface area (Å²) in [6.07, 6.45) is 2.50. The van der Waals surface area contributed by atoms with Gasteiger partial charge in [-0.1, -0.05) is 50.6 Å². The highest BCUT2D eigenvalue weighted by Crippen LogP contribution is 2.24. The summed E-state index contributed by atoms with van der Waals surface area (Å²) < 4.78 is 5.07. The van der Waals surface area contributed by atoms with Crippen molar-refractivity contribution in [3.8, 4) is 0 Å². The molecule has 0 radical (unpaired) electrons. The van der Waals surface area contributed by atoms with Crippen LogP contribution in [0.15, 0.2) is 30.3 Å². The molecule has 2 heteroatoms. The molecule has 2 atom stereocenters. The first-order chi connectivity index (χ1) is 8.77. The van der Waals surface area contributed by atoms with E-state index < -0.39 is 0 Å². The Labute approximate surface area is 112 Å². The van der Waals surface area contributed by atoms with Gasteiger partial charge in [0.1, 0.15) is 0 Å². The molecular formula is C16H27NO. The van der Waals surface area contributed by atoms with Crippen molar-refractivity contribution in [2.45, 2.75) is 32.6 Å². The molecule has 0 amide bonds. The molecule has 0 spiro atoms. The molecule has 1 aromatic carbocycles. The van der Waals surface area contributed by atoms with Gasteiger partial charge >= 0.3 is 0 Å². The fourth-order valence-electron chi connectivity index (χ4n) is 2.17. The van der Waals surface area contributed by atoms with Gasteiger partial charge in [-0.3, -0.25) is 0 Å². The first kappa shape index (κ1) is 15.2. The van der Waals surface area contributed by atoms with E-state index in [1.165, 1.54) is 18.4 Å². The lowest BCUT2D eigenvalue weighted by atomic mass is 9.88. The van der Waals surface area contributed by atoms with Crippen LogP contribution in [0.5, 0.6) is 0 Å². The summed E-state index contributed by atoms with van der Waals surface area (Å²) >= 11 is 0. The van der Waals surface area contributed by atoms with Crippen molar-refractivity contribution in [3.05, 3.63) is 35.9 Å². The number of methoxy groups -OCH3 is 1. The molecule has 0 saturated carbocycles. The normalized spacial score (nSPS) is 14.4. The van der Waals surface area contributed by atoms with Gasteiger partial charge in [0.05, 0.1) is 6.61 Å². The molecule has 2 nitrogen and oxygen atoms in total. The molecule has 1 aromatic rings. The van der Waals surface area contributed by atoms with Gasteiger partial charge in [-0.15, -0.1) is 0 Å². The Kier molecular flexibility index (Phi) is 7.70. The molecule has 0 saturated heterocycles. The number of rotatable bonds is 9. The van der Waals surface area contributed by atoms with Crippen molar-refractivity contribution < 1.29 is 4.74 Å². The Morgan fingerprint density at radius 2 is 1.94 bits per heavy atom. The predicted molar refractivity (Wildman–Crippen MR) is 78.0 cm³/mol. The molecule has 102 valence electrons. The average Bonchev–Trinajstić information content (AvgIpc) is 2.43. The lowest BCUT2D eigenvalue weighted by Crippen LogP contribution is -2.26. The number of benzene rings is 1. The van der Waals surface area contributed by atoms with Crippen molar-refractivity contribution in [1.82, 2.24) is 5.32 Å². The van der Waals surface area contributed by atoms with Gasteiger partial charge in [-0.25, -0.2) is 0 Å². The van der Waals surface area contributed by atoms with E-state index in [0.29, 0.717) is 5.92 Å². The zero-order valence-corrected chi connectivity index (χ0v) is 12.0. The summed E-state index contributed by atoms with van der Waals surface area (Å²) in [4.78, 5) is 0. The molecule has 0 aliphatic carbocycles. The number of ether oxygens (including phenoxy) is 1. The average molecular weight is 249 g/mol. The zero-order chi connectivity index (χ0) is 13.2. The van der Waals surface area contributed by atoms with Crippen LogP contribution in [0.1, 0.15) is 38.2 Å². The monoisotopic (exact) mass is 249 g/mol. The van der Waals surface area contributed by atoms with Crippen LogP contribution in [0.2, 0.25) is 0 Å². The van der Waals surface area contributed by atoms with E-state index in [4.69, 9.17) is 4.74 Å². The first-order valence-electron chi connectivity index (χ1n) is 7.02. The van der Waals surface area contributed by atoms with Gasteiger partial charge in [0.25, 0.3) is 0 Å². The van der Waals surface area contributed by atoms with Gasteiger partial charge in [-0.2, -0.15) is 0 Å². The molecule has 0 bridgehead atoms. The van der Waals surface area contributed by atoms with Gasteiger partial charge < -0.3 is 10.1 Å². The second kappa shape index (κ2) is 9.12. The third-order valence-corrected chi connectivity index (χ3v) is 3.53. The quantitative estimate of drug-likeness (QED) is 0.677. The van der Waals surface area contributed by atoms with E-state index in [0.717, 1.165) is 25.6 Å². The Morgan fingerprint density at radius 1 is 1.22 bits per heavy atom. The van der Waals surface area contributed by atoms with Crippen LogP contribution in [0, 0.1) is 5.92 Å². The summed E-state index contributed by atoms with van der Waals surface area (Å²) in [5.74, 6) is 1.39. The molecule has 0 aliphatic rings. The largest absolute Gasteiger partial charge is 0.383 e.